The lowest BCUT2D eigenvalue weighted by atomic mass is 10.0. The lowest BCUT2D eigenvalue weighted by molar-refractivity contribution is 0.198. The minimum Gasteiger partial charge on any atom is -0.394 e. The van der Waals surface area contributed by atoms with Crippen molar-refractivity contribution in [2.24, 2.45) is 0 Å². The van der Waals surface area contributed by atoms with Crippen LogP contribution in [0.15, 0.2) is 18.2 Å². The highest BCUT2D eigenvalue weighted by Crippen LogP contribution is 2.33. The van der Waals surface area contributed by atoms with Gasteiger partial charge in [0.15, 0.2) is 0 Å². The van der Waals surface area contributed by atoms with E-state index in [-0.39, 0.29) is 18.5 Å². The van der Waals surface area contributed by atoms with Crippen LogP contribution in [0.3, 0.4) is 0 Å². The summed E-state index contributed by atoms with van der Waals surface area (Å²) in [5, 5.41) is 19.4. The molecule has 1 aromatic carbocycles. The molecule has 1 heterocycles. The van der Waals surface area contributed by atoms with Gasteiger partial charge in [-0.1, -0.05) is 25.0 Å². The second-order valence-corrected chi connectivity index (χ2v) is 5.23. The molecule has 3 nitrogen and oxygen atoms in total. The number of halogens is 1. The summed E-state index contributed by atoms with van der Waals surface area (Å²) in [5.41, 5.74) is 1.05. The van der Waals surface area contributed by atoms with Crippen molar-refractivity contribution in [1.29, 1.82) is 0 Å². The number of rotatable bonds is 3. The SMILES string of the molecule is C[C@@H](O)c1cccc(F)c1N1CCCCCC1CO. The molecule has 2 N–H and O–H groups in total. The second kappa shape index (κ2) is 6.35. The van der Waals surface area contributed by atoms with Crippen molar-refractivity contribution in [2.45, 2.75) is 44.8 Å². The van der Waals surface area contributed by atoms with Gasteiger partial charge in [0.25, 0.3) is 0 Å². The smallest absolute Gasteiger partial charge is 0.146 e. The number of hydrogen-bond donors (Lipinski definition) is 2. The Labute approximate surface area is 113 Å². The van der Waals surface area contributed by atoms with Crippen LogP contribution < -0.4 is 4.90 Å². The topological polar surface area (TPSA) is 43.7 Å². The number of hydrogen-bond acceptors (Lipinski definition) is 3. The van der Waals surface area contributed by atoms with Crippen LogP contribution in [-0.4, -0.2) is 29.4 Å². The van der Waals surface area contributed by atoms with Crippen molar-refractivity contribution < 1.29 is 14.6 Å². The van der Waals surface area contributed by atoms with Crippen LogP contribution in [0.4, 0.5) is 10.1 Å². The Morgan fingerprint density at radius 3 is 2.84 bits per heavy atom. The fourth-order valence-electron chi connectivity index (χ4n) is 2.83. The van der Waals surface area contributed by atoms with Crippen molar-refractivity contribution in [3.8, 4) is 0 Å². The van der Waals surface area contributed by atoms with E-state index in [0.717, 1.165) is 32.2 Å². The fourth-order valence-corrected chi connectivity index (χ4v) is 2.83. The summed E-state index contributed by atoms with van der Waals surface area (Å²) in [6.45, 7) is 2.39. The summed E-state index contributed by atoms with van der Waals surface area (Å²) in [4.78, 5) is 1.93. The molecule has 0 radical (unpaired) electrons. The number of anilines is 1. The molecule has 0 aromatic heterocycles. The van der Waals surface area contributed by atoms with Crippen LogP contribution in [0.2, 0.25) is 0 Å². The van der Waals surface area contributed by atoms with Gasteiger partial charge in [0.2, 0.25) is 0 Å². The van der Waals surface area contributed by atoms with Gasteiger partial charge < -0.3 is 15.1 Å². The van der Waals surface area contributed by atoms with E-state index in [2.05, 4.69) is 0 Å². The number of nitrogens with zero attached hydrogens (tertiary/aromatic N) is 1. The van der Waals surface area contributed by atoms with Crippen LogP contribution in [0.1, 0.15) is 44.3 Å². The van der Waals surface area contributed by atoms with Gasteiger partial charge in [0.1, 0.15) is 5.82 Å². The van der Waals surface area contributed by atoms with E-state index in [1.54, 1.807) is 19.1 Å². The third kappa shape index (κ3) is 3.07. The van der Waals surface area contributed by atoms with Crippen molar-refractivity contribution in [3.63, 3.8) is 0 Å². The van der Waals surface area contributed by atoms with Gasteiger partial charge in [-0.2, -0.15) is 0 Å². The van der Waals surface area contributed by atoms with E-state index < -0.39 is 6.10 Å². The zero-order valence-corrected chi connectivity index (χ0v) is 11.3. The molecule has 0 saturated carbocycles. The van der Waals surface area contributed by atoms with E-state index in [1.807, 2.05) is 4.90 Å². The molecule has 1 saturated heterocycles. The first kappa shape index (κ1) is 14.3. The number of benzene rings is 1. The quantitative estimate of drug-likeness (QED) is 0.884. The summed E-state index contributed by atoms with van der Waals surface area (Å²) >= 11 is 0. The molecule has 2 rings (SSSR count). The normalized spacial score (nSPS) is 22.1. The molecule has 4 heteroatoms. The maximum atomic E-state index is 14.2. The molecular weight excluding hydrogens is 245 g/mol. The Bertz CT molecular complexity index is 423. The zero-order chi connectivity index (χ0) is 13.8. The van der Waals surface area contributed by atoms with Crippen molar-refractivity contribution >= 4 is 5.69 Å². The Kier molecular flexibility index (Phi) is 4.77. The average Bonchev–Trinajstić information content (AvgIpc) is 2.63. The first-order valence-electron chi connectivity index (χ1n) is 6.99. The lowest BCUT2D eigenvalue weighted by Crippen LogP contribution is -2.39. The molecule has 0 spiro atoms. The number of para-hydroxylation sites is 1. The molecule has 0 amide bonds. The predicted octanol–water partition coefficient (Wildman–Crippen LogP) is 2.62. The number of aliphatic hydroxyl groups excluding tert-OH is 2. The first-order chi connectivity index (χ1) is 9.15. The van der Waals surface area contributed by atoms with Gasteiger partial charge in [-0.15, -0.1) is 0 Å². The third-order valence-corrected chi connectivity index (χ3v) is 3.84. The van der Waals surface area contributed by atoms with E-state index in [4.69, 9.17) is 0 Å². The third-order valence-electron chi connectivity index (χ3n) is 3.84. The molecule has 1 unspecified atom stereocenters. The van der Waals surface area contributed by atoms with E-state index in [0.29, 0.717) is 11.3 Å². The molecule has 1 aromatic rings. The predicted molar refractivity (Wildman–Crippen MR) is 73.7 cm³/mol. The van der Waals surface area contributed by atoms with Gasteiger partial charge in [0, 0.05) is 12.1 Å². The van der Waals surface area contributed by atoms with Gasteiger partial charge >= 0.3 is 0 Å². The maximum absolute atomic E-state index is 14.2. The summed E-state index contributed by atoms with van der Waals surface area (Å²) < 4.78 is 14.2. The molecule has 19 heavy (non-hydrogen) atoms. The first-order valence-corrected chi connectivity index (χ1v) is 6.99. The van der Waals surface area contributed by atoms with E-state index >= 15 is 0 Å². The minimum atomic E-state index is -0.715. The molecule has 1 fully saturated rings. The molecule has 106 valence electrons. The molecule has 0 aliphatic carbocycles. The molecule has 1 aliphatic heterocycles. The van der Waals surface area contributed by atoms with Crippen molar-refractivity contribution in [3.05, 3.63) is 29.6 Å². The summed E-state index contributed by atoms with van der Waals surface area (Å²) in [5.74, 6) is -0.321. The van der Waals surface area contributed by atoms with Crippen molar-refractivity contribution in [1.82, 2.24) is 0 Å². The monoisotopic (exact) mass is 267 g/mol. The Morgan fingerprint density at radius 2 is 2.16 bits per heavy atom. The minimum absolute atomic E-state index is 0.0214. The highest BCUT2D eigenvalue weighted by molar-refractivity contribution is 5.56. The lowest BCUT2D eigenvalue weighted by Gasteiger charge is -2.33. The fraction of sp³-hybridized carbons (Fsp3) is 0.600. The van der Waals surface area contributed by atoms with Crippen LogP contribution in [0.25, 0.3) is 0 Å². The molecule has 2 atom stereocenters. The zero-order valence-electron chi connectivity index (χ0n) is 11.3. The number of aliphatic hydroxyl groups is 2. The Morgan fingerprint density at radius 1 is 1.37 bits per heavy atom. The van der Waals surface area contributed by atoms with Crippen LogP contribution in [0.5, 0.6) is 0 Å². The van der Waals surface area contributed by atoms with Crippen molar-refractivity contribution in [2.75, 3.05) is 18.1 Å². The standard InChI is InChI=1S/C15H22FNO2/c1-11(19)13-7-5-8-14(16)15(13)17-9-4-2-3-6-12(17)10-18/h5,7-8,11-12,18-19H,2-4,6,9-10H2,1H3/t11-,12?/m1/s1. The van der Waals surface area contributed by atoms with Crippen LogP contribution in [0, 0.1) is 5.82 Å². The highest BCUT2D eigenvalue weighted by atomic mass is 19.1. The molecule has 1 aliphatic rings. The van der Waals surface area contributed by atoms with E-state index in [9.17, 15) is 14.6 Å². The van der Waals surface area contributed by atoms with E-state index in [1.165, 1.54) is 6.07 Å². The highest BCUT2D eigenvalue weighted by Gasteiger charge is 2.26. The Hall–Kier alpha value is -1.13. The van der Waals surface area contributed by atoms with Gasteiger partial charge in [-0.05, 0) is 25.8 Å². The summed E-state index contributed by atoms with van der Waals surface area (Å²) in [6, 6.07) is 4.73. The summed E-state index contributed by atoms with van der Waals surface area (Å²) in [7, 11) is 0. The van der Waals surface area contributed by atoms with Gasteiger partial charge in [0.05, 0.1) is 24.4 Å². The van der Waals surface area contributed by atoms with Crippen LogP contribution >= 0.6 is 0 Å². The van der Waals surface area contributed by atoms with Gasteiger partial charge in [-0.3, -0.25) is 0 Å². The van der Waals surface area contributed by atoms with Gasteiger partial charge in [-0.25, -0.2) is 4.39 Å². The second-order valence-electron chi connectivity index (χ2n) is 5.23. The molecular formula is C15H22FNO2. The average molecular weight is 267 g/mol. The van der Waals surface area contributed by atoms with Crippen LogP contribution in [-0.2, 0) is 0 Å². The maximum Gasteiger partial charge on any atom is 0.146 e. The largest absolute Gasteiger partial charge is 0.394 e. The summed E-state index contributed by atoms with van der Waals surface area (Å²) in [6.07, 6.45) is 3.30. The molecule has 0 bridgehead atoms. The Balaban J connectivity index is 2.42.